The lowest BCUT2D eigenvalue weighted by atomic mass is 9.94. The summed E-state index contributed by atoms with van der Waals surface area (Å²) in [6, 6.07) is 4.59. The second kappa shape index (κ2) is 5.07. The Morgan fingerprint density at radius 1 is 1.73 bits per heavy atom. The lowest BCUT2D eigenvalue weighted by Gasteiger charge is -2.20. The molecule has 1 saturated heterocycles. The molecule has 3 N–H and O–H groups in total. The van der Waals surface area contributed by atoms with Crippen molar-refractivity contribution in [3.8, 4) is 0 Å². The van der Waals surface area contributed by atoms with Crippen molar-refractivity contribution in [3.63, 3.8) is 0 Å². The number of hydrazine groups is 1. The maximum atomic E-state index is 5.61. The summed E-state index contributed by atoms with van der Waals surface area (Å²) in [5.74, 6) is 6.16. The zero-order chi connectivity index (χ0) is 10.7. The van der Waals surface area contributed by atoms with Crippen LogP contribution in [-0.4, -0.2) is 18.8 Å². The number of nitrogens with one attached hydrogen (secondary N) is 1. The Balaban J connectivity index is 1.92. The van der Waals surface area contributed by atoms with Crippen molar-refractivity contribution in [2.45, 2.75) is 31.9 Å². The summed E-state index contributed by atoms with van der Waals surface area (Å²) >= 11 is 1.79. The predicted molar refractivity (Wildman–Crippen MR) is 62.7 cm³/mol. The van der Waals surface area contributed by atoms with E-state index in [4.69, 9.17) is 10.6 Å². The molecule has 3 atom stereocenters. The smallest absolute Gasteiger partial charge is 0.0551 e. The first kappa shape index (κ1) is 11.1. The molecule has 3 unspecified atom stereocenters. The number of ether oxygens (including phenoxy) is 1. The Bertz CT molecular complexity index is 289. The predicted octanol–water partition coefficient (Wildman–Crippen LogP) is 1.55. The van der Waals surface area contributed by atoms with E-state index in [2.05, 4.69) is 29.9 Å². The van der Waals surface area contributed by atoms with E-state index in [1.165, 1.54) is 4.88 Å². The molecule has 0 aliphatic carbocycles. The van der Waals surface area contributed by atoms with E-state index in [1.807, 2.05) is 0 Å². The van der Waals surface area contributed by atoms with Crippen LogP contribution in [0.25, 0.3) is 0 Å². The Morgan fingerprint density at radius 3 is 3.13 bits per heavy atom. The molecule has 1 aliphatic heterocycles. The van der Waals surface area contributed by atoms with E-state index in [0.717, 1.165) is 19.4 Å². The second-order valence-corrected chi connectivity index (χ2v) is 5.23. The van der Waals surface area contributed by atoms with Gasteiger partial charge in [0.1, 0.15) is 0 Å². The van der Waals surface area contributed by atoms with E-state index < -0.39 is 0 Å². The van der Waals surface area contributed by atoms with Crippen LogP contribution in [-0.2, 0) is 11.2 Å². The molecule has 3 nitrogen and oxygen atoms in total. The molecule has 1 aromatic heterocycles. The van der Waals surface area contributed by atoms with E-state index in [0.29, 0.717) is 18.1 Å². The highest BCUT2D eigenvalue weighted by Crippen LogP contribution is 2.25. The molecule has 0 spiro atoms. The summed E-state index contributed by atoms with van der Waals surface area (Å²) in [5.41, 5.74) is 2.93. The van der Waals surface area contributed by atoms with Crippen LogP contribution in [0, 0.1) is 5.92 Å². The van der Waals surface area contributed by atoms with Crippen molar-refractivity contribution in [2.24, 2.45) is 11.8 Å². The van der Waals surface area contributed by atoms with Crippen LogP contribution in [0.15, 0.2) is 17.5 Å². The van der Waals surface area contributed by atoms with Crippen LogP contribution < -0.4 is 11.3 Å². The van der Waals surface area contributed by atoms with E-state index in [-0.39, 0.29) is 0 Å². The molecular weight excluding hydrogens is 208 g/mol. The van der Waals surface area contributed by atoms with Crippen molar-refractivity contribution in [1.82, 2.24) is 5.43 Å². The summed E-state index contributed by atoms with van der Waals surface area (Å²) in [5, 5.41) is 2.11. The minimum Gasteiger partial charge on any atom is -0.378 e. The van der Waals surface area contributed by atoms with Crippen molar-refractivity contribution < 1.29 is 4.74 Å². The minimum absolute atomic E-state index is 0.341. The molecule has 0 radical (unpaired) electrons. The standard InChI is InChI=1S/C11H18N2OS/c1-8-5-9(7-14-8)11(13-12)6-10-3-2-4-15-10/h2-4,8-9,11,13H,5-7,12H2,1H3. The molecule has 1 aliphatic rings. The third kappa shape index (κ3) is 2.78. The fraction of sp³-hybridized carbons (Fsp3) is 0.636. The zero-order valence-electron chi connectivity index (χ0n) is 8.98. The quantitative estimate of drug-likeness (QED) is 0.605. The third-order valence-corrected chi connectivity index (χ3v) is 3.91. The van der Waals surface area contributed by atoms with E-state index in [9.17, 15) is 0 Å². The fourth-order valence-corrected chi connectivity index (χ4v) is 2.90. The number of hydrogen-bond donors (Lipinski definition) is 2. The van der Waals surface area contributed by atoms with Crippen LogP contribution in [0.3, 0.4) is 0 Å². The minimum atomic E-state index is 0.341. The van der Waals surface area contributed by atoms with Gasteiger partial charge in [0.2, 0.25) is 0 Å². The van der Waals surface area contributed by atoms with Gasteiger partial charge in [-0.2, -0.15) is 0 Å². The summed E-state index contributed by atoms with van der Waals surface area (Å²) in [6.07, 6.45) is 2.50. The Kier molecular flexibility index (Phi) is 3.75. The summed E-state index contributed by atoms with van der Waals surface area (Å²) < 4.78 is 5.58. The van der Waals surface area contributed by atoms with Crippen molar-refractivity contribution in [2.75, 3.05) is 6.61 Å². The summed E-state index contributed by atoms with van der Waals surface area (Å²) in [4.78, 5) is 1.39. The average molecular weight is 226 g/mol. The monoisotopic (exact) mass is 226 g/mol. The number of hydrogen-bond acceptors (Lipinski definition) is 4. The molecule has 0 amide bonds. The highest BCUT2D eigenvalue weighted by molar-refractivity contribution is 7.09. The van der Waals surface area contributed by atoms with Gasteiger partial charge in [0.05, 0.1) is 12.7 Å². The average Bonchev–Trinajstić information content (AvgIpc) is 2.85. The van der Waals surface area contributed by atoms with Crippen LogP contribution in [0.2, 0.25) is 0 Å². The van der Waals surface area contributed by atoms with Gasteiger partial charge in [0, 0.05) is 16.8 Å². The Labute approximate surface area is 94.6 Å². The van der Waals surface area contributed by atoms with Gasteiger partial charge in [0.25, 0.3) is 0 Å². The number of thiophene rings is 1. The molecule has 2 rings (SSSR count). The number of rotatable bonds is 4. The van der Waals surface area contributed by atoms with Crippen LogP contribution >= 0.6 is 11.3 Å². The SMILES string of the molecule is CC1CC(C(Cc2cccs2)NN)CO1. The highest BCUT2D eigenvalue weighted by Gasteiger charge is 2.29. The highest BCUT2D eigenvalue weighted by atomic mass is 32.1. The van der Waals surface area contributed by atoms with Crippen LogP contribution in [0.1, 0.15) is 18.2 Å². The fourth-order valence-electron chi connectivity index (χ4n) is 2.14. The second-order valence-electron chi connectivity index (χ2n) is 4.20. The van der Waals surface area contributed by atoms with E-state index in [1.54, 1.807) is 11.3 Å². The third-order valence-electron chi connectivity index (χ3n) is 3.01. The number of nitrogens with two attached hydrogens (primary N) is 1. The molecule has 1 fully saturated rings. The summed E-state index contributed by atoms with van der Waals surface area (Å²) in [7, 11) is 0. The molecular formula is C11H18N2OS. The van der Waals surface area contributed by atoms with Gasteiger partial charge >= 0.3 is 0 Å². The lowest BCUT2D eigenvalue weighted by molar-refractivity contribution is 0.117. The Hall–Kier alpha value is -0.420. The maximum Gasteiger partial charge on any atom is 0.0551 e. The van der Waals surface area contributed by atoms with Gasteiger partial charge in [0.15, 0.2) is 0 Å². The molecule has 0 bridgehead atoms. The molecule has 84 valence electrons. The normalized spacial score (nSPS) is 28.1. The van der Waals surface area contributed by atoms with Crippen LogP contribution in [0.5, 0.6) is 0 Å². The largest absolute Gasteiger partial charge is 0.378 e. The first-order chi connectivity index (χ1) is 7.29. The Morgan fingerprint density at radius 2 is 2.60 bits per heavy atom. The van der Waals surface area contributed by atoms with Crippen molar-refractivity contribution >= 4 is 11.3 Å². The molecule has 2 heterocycles. The van der Waals surface area contributed by atoms with Gasteiger partial charge < -0.3 is 4.74 Å². The van der Waals surface area contributed by atoms with Gasteiger partial charge in [-0.3, -0.25) is 11.3 Å². The van der Waals surface area contributed by atoms with Gasteiger partial charge in [-0.1, -0.05) is 6.07 Å². The van der Waals surface area contributed by atoms with E-state index >= 15 is 0 Å². The zero-order valence-corrected chi connectivity index (χ0v) is 9.80. The maximum absolute atomic E-state index is 5.61. The summed E-state index contributed by atoms with van der Waals surface area (Å²) in [6.45, 7) is 2.96. The van der Waals surface area contributed by atoms with Gasteiger partial charge in [-0.15, -0.1) is 11.3 Å². The molecule has 4 heteroatoms. The first-order valence-corrected chi connectivity index (χ1v) is 6.27. The molecule has 1 aromatic rings. The van der Waals surface area contributed by atoms with Gasteiger partial charge in [-0.05, 0) is 31.2 Å². The molecule has 15 heavy (non-hydrogen) atoms. The van der Waals surface area contributed by atoms with Crippen molar-refractivity contribution in [3.05, 3.63) is 22.4 Å². The van der Waals surface area contributed by atoms with Crippen molar-refractivity contribution in [1.29, 1.82) is 0 Å². The molecule has 0 saturated carbocycles. The lowest BCUT2D eigenvalue weighted by Crippen LogP contribution is -2.42. The van der Waals surface area contributed by atoms with Crippen LogP contribution in [0.4, 0.5) is 0 Å². The molecule has 0 aromatic carbocycles. The van der Waals surface area contributed by atoms with Gasteiger partial charge in [-0.25, -0.2) is 0 Å². The first-order valence-electron chi connectivity index (χ1n) is 5.39. The topological polar surface area (TPSA) is 47.3 Å².